The minimum atomic E-state index is -0.374. The van der Waals surface area contributed by atoms with E-state index in [1.54, 1.807) is 25.2 Å². The van der Waals surface area contributed by atoms with Crippen LogP contribution in [0.5, 0.6) is 0 Å². The molecule has 0 amide bonds. The van der Waals surface area contributed by atoms with Gasteiger partial charge >= 0.3 is 0 Å². The molecule has 0 aliphatic heterocycles. The monoisotopic (exact) mass is 324 g/mol. The van der Waals surface area contributed by atoms with E-state index in [9.17, 15) is 9.18 Å². The average molecular weight is 325 g/mol. The molecular weight excluding hydrogens is 311 g/mol. The number of allylic oxidation sites excluding steroid dienone is 2. The zero-order valence-electron chi connectivity index (χ0n) is 10.5. The summed E-state index contributed by atoms with van der Waals surface area (Å²) in [6.07, 6.45) is 0.620. The minimum absolute atomic E-state index is 0.262. The summed E-state index contributed by atoms with van der Waals surface area (Å²) >= 11 is 3.24. The summed E-state index contributed by atoms with van der Waals surface area (Å²) in [7, 11) is 1.66. The van der Waals surface area contributed by atoms with Gasteiger partial charge in [0.2, 0.25) is 0 Å². The van der Waals surface area contributed by atoms with Crippen molar-refractivity contribution in [1.29, 1.82) is 0 Å². The highest BCUT2D eigenvalue weighted by atomic mass is 79.9. The molecular formula is C14H14BrFN2O. The number of rotatable bonds is 6. The highest BCUT2D eigenvalue weighted by Crippen LogP contribution is 2.19. The standard InChI is InChI=1S/C14H14BrFN2O/c1-9(8-19)13(15)14(17-3)18-10(2)11-6-4-5-7-12(11)16/h4-8,17-18H,1-2H2,3H3/b14-13-. The van der Waals surface area contributed by atoms with Crippen LogP contribution in [0.15, 0.2) is 53.3 Å². The molecule has 0 spiro atoms. The van der Waals surface area contributed by atoms with E-state index in [4.69, 9.17) is 0 Å². The van der Waals surface area contributed by atoms with E-state index in [-0.39, 0.29) is 11.4 Å². The van der Waals surface area contributed by atoms with Crippen molar-refractivity contribution >= 4 is 27.9 Å². The quantitative estimate of drug-likeness (QED) is 0.480. The van der Waals surface area contributed by atoms with Gasteiger partial charge in [0, 0.05) is 23.9 Å². The van der Waals surface area contributed by atoms with Crippen molar-refractivity contribution in [3.63, 3.8) is 0 Å². The topological polar surface area (TPSA) is 41.1 Å². The largest absolute Gasteiger partial charge is 0.374 e. The van der Waals surface area contributed by atoms with Gasteiger partial charge in [-0.2, -0.15) is 0 Å². The van der Waals surface area contributed by atoms with Crippen LogP contribution in [0.4, 0.5) is 4.39 Å². The van der Waals surface area contributed by atoms with Crippen LogP contribution in [0, 0.1) is 5.82 Å². The number of nitrogens with one attached hydrogen (secondary N) is 2. The Balaban J connectivity index is 3.01. The average Bonchev–Trinajstić information content (AvgIpc) is 2.43. The second-order valence-electron chi connectivity index (χ2n) is 3.67. The molecule has 19 heavy (non-hydrogen) atoms. The van der Waals surface area contributed by atoms with Gasteiger partial charge in [0.15, 0.2) is 6.29 Å². The molecule has 100 valence electrons. The Morgan fingerprint density at radius 2 is 2.00 bits per heavy atom. The number of hydrogen-bond donors (Lipinski definition) is 2. The van der Waals surface area contributed by atoms with Gasteiger partial charge in [0.25, 0.3) is 0 Å². The van der Waals surface area contributed by atoms with Gasteiger partial charge in [-0.3, -0.25) is 4.79 Å². The molecule has 2 N–H and O–H groups in total. The van der Waals surface area contributed by atoms with Gasteiger partial charge < -0.3 is 10.6 Å². The molecule has 0 aliphatic carbocycles. The Labute approximate surface area is 120 Å². The lowest BCUT2D eigenvalue weighted by atomic mass is 10.1. The molecule has 3 nitrogen and oxygen atoms in total. The summed E-state index contributed by atoms with van der Waals surface area (Å²) in [4.78, 5) is 10.7. The van der Waals surface area contributed by atoms with Crippen molar-refractivity contribution < 1.29 is 9.18 Å². The molecule has 0 heterocycles. The molecule has 0 bridgehead atoms. The van der Waals surface area contributed by atoms with Crippen LogP contribution in [0.2, 0.25) is 0 Å². The molecule has 1 aromatic carbocycles. The summed E-state index contributed by atoms with van der Waals surface area (Å²) < 4.78 is 14.1. The molecule has 1 rings (SSSR count). The number of carbonyl (C=O) groups is 1. The molecule has 0 saturated heterocycles. The molecule has 5 heteroatoms. The second-order valence-corrected chi connectivity index (χ2v) is 4.46. The van der Waals surface area contributed by atoms with E-state index in [1.165, 1.54) is 6.07 Å². The molecule has 0 radical (unpaired) electrons. The van der Waals surface area contributed by atoms with Crippen LogP contribution < -0.4 is 10.6 Å². The zero-order valence-corrected chi connectivity index (χ0v) is 12.1. The summed E-state index contributed by atoms with van der Waals surface area (Å²) in [5.74, 6) is 0.103. The molecule has 0 saturated carbocycles. The summed E-state index contributed by atoms with van der Waals surface area (Å²) in [6.45, 7) is 7.36. The van der Waals surface area contributed by atoms with Gasteiger partial charge in [0.05, 0.1) is 4.48 Å². The van der Waals surface area contributed by atoms with Crippen molar-refractivity contribution in [3.8, 4) is 0 Å². The lowest BCUT2D eigenvalue weighted by molar-refractivity contribution is -0.104. The SMILES string of the molecule is C=C(C=O)/C(Br)=C(\NC)NC(=C)c1ccccc1F. The van der Waals surface area contributed by atoms with Crippen LogP contribution in [-0.2, 0) is 4.79 Å². The third kappa shape index (κ3) is 3.79. The number of halogens is 2. The number of carbonyl (C=O) groups excluding carboxylic acids is 1. The third-order valence-corrected chi connectivity index (χ3v) is 3.27. The number of aldehydes is 1. The third-order valence-electron chi connectivity index (χ3n) is 2.37. The Kier molecular flexibility index (Phi) is 5.51. The van der Waals surface area contributed by atoms with Crippen LogP contribution in [0.1, 0.15) is 5.56 Å². The van der Waals surface area contributed by atoms with Gasteiger partial charge in [0.1, 0.15) is 11.6 Å². The first kappa shape index (κ1) is 15.2. The summed E-state index contributed by atoms with van der Waals surface area (Å²) in [5.41, 5.74) is 0.989. The molecule has 0 atom stereocenters. The van der Waals surface area contributed by atoms with Gasteiger partial charge in [-0.25, -0.2) is 4.39 Å². The van der Waals surface area contributed by atoms with Gasteiger partial charge in [-0.1, -0.05) is 25.3 Å². The van der Waals surface area contributed by atoms with Crippen LogP contribution in [-0.4, -0.2) is 13.3 Å². The second kappa shape index (κ2) is 6.89. The predicted molar refractivity (Wildman–Crippen MR) is 78.8 cm³/mol. The van der Waals surface area contributed by atoms with E-state index in [1.807, 2.05) is 0 Å². The minimum Gasteiger partial charge on any atom is -0.374 e. The fourth-order valence-electron chi connectivity index (χ4n) is 1.36. The van der Waals surface area contributed by atoms with E-state index < -0.39 is 0 Å². The Bertz CT molecular complexity index is 552. The zero-order chi connectivity index (χ0) is 14.4. The smallest absolute Gasteiger partial charge is 0.150 e. The number of hydrogen-bond acceptors (Lipinski definition) is 3. The maximum absolute atomic E-state index is 13.6. The number of benzene rings is 1. The maximum Gasteiger partial charge on any atom is 0.150 e. The van der Waals surface area contributed by atoms with Gasteiger partial charge in [-0.05, 0) is 28.1 Å². The first-order chi connectivity index (χ1) is 9.01. The van der Waals surface area contributed by atoms with Crippen LogP contribution in [0.3, 0.4) is 0 Å². The van der Waals surface area contributed by atoms with Crippen LogP contribution >= 0.6 is 15.9 Å². The van der Waals surface area contributed by atoms with E-state index in [2.05, 4.69) is 39.7 Å². The molecule has 0 aliphatic rings. The van der Waals surface area contributed by atoms with Crippen molar-refractivity contribution in [2.75, 3.05) is 7.05 Å². The lowest BCUT2D eigenvalue weighted by Gasteiger charge is -2.15. The first-order valence-electron chi connectivity index (χ1n) is 5.44. The van der Waals surface area contributed by atoms with Crippen LogP contribution in [0.25, 0.3) is 5.70 Å². The first-order valence-corrected chi connectivity index (χ1v) is 6.23. The fourth-order valence-corrected chi connectivity index (χ4v) is 1.75. The highest BCUT2D eigenvalue weighted by molar-refractivity contribution is 9.12. The Hall–Kier alpha value is -1.88. The molecule has 0 fully saturated rings. The van der Waals surface area contributed by atoms with E-state index in [0.717, 1.165) is 0 Å². The van der Waals surface area contributed by atoms with Crippen molar-refractivity contribution in [1.82, 2.24) is 10.6 Å². The van der Waals surface area contributed by atoms with Crippen molar-refractivity contribution in [2.45, 2.75) is 0 Å². The molecule has 1 aromatic rings. The Morgan fingerprint density at radius 3 is 2.53 bits per heavy atom. The van der Waals surface area contributed by atoms with Gasteiger partial charge in [-0.15, -0.1) is 0 Å². The maximum atomic E-state index is 13.6. The normalized spacial score (nSPS) is 11.3. The van der Waals surface area contributed by atoms with Crippen molar-refractivity contribution in [3.05, 3.63) is 64.7 Å². The highest BCUT2D eigenvalue weighted by Gasteiger charge is 2.10. The summed E-state index contributed by atoms with van der Waals surface area (Å²) in [6, 6.07) is 6.28. The predicted octanol–water partition coefficient (Wildman–Crippen LogP) is 2.92. The lowest BCUT2D eigenvalue weighted by Crippen LogP contribution is -2.24. The summed E-state index contributed by atoms with van der Waals surface area (Å²) in [5, 5.41) is 5.76. The molecule has 0 unspecified atom stereocenters. The Morgan fingerprint density at radius 1 is 1.37 bits per heavy atom. The van der Waals surface area contributed by atoms with E-state index in [0.29, 0.717) is 27.8 Å². The van der Waals surface area contributed by atoms with E-state index >= 15 is 0 Å². The van der Waals surface area contributed by atoms with Crippen molar-refractivity contribution in [2.24, 2.45) is 0 Å². The molecule has 0 aromatic heterocycles. The fraction of sp³-hybridized carbons (Fsp3) is 0.0714.